The molecule has 1 aromatic rings. The Kier molecular flexibility index (Phi) is 3.31. The maximum Gasteiger partial charge on any atom is 0.318 e. The van der Waals surface area contributed by atoms with Crippen LogP contribution in [0.15, 0.2) is 0 Å². The van der Waals surface area contributed by atoms with E-state index < -0.39 is 0 Å². The summed E-state index contributed by atoms with van der Waals surface area (Å²) in [6.07, 6.45) is 3.13. The van der Waals surface area contributed by atoms with Crippen LogP contribution in [0.4, 0.5) is 4.79 Å². The van der Waals surface area contributed by atoms with Crippen molar-refractivity contribution < 1.29 is 14.3 Å². The molecule has 1 aromatic heterocycles. The molecule has 0 bridgehead atoms. The molecule has 130 valence electrons. The van der Waals surface area contributed by atoms with Crippen molar-refractivity contribution >= 4 is 6.03 Å². The summed E-state index contributed by atoms with van der Waals surface area (Å²) in [4.78, 5) is 19.3. The van der Waals surface area contributed by atoms with Gasteiger partial charge in [0.2, 0.25) is 0 Å². The van der Waals surface area contributed by atoms with Gasteiger partial charge in [-0.15, -0.1) is 0 Å². The highest BCUT2D eigenvalue weighted by Gasteiger charge is 2.55. The molecule has 8 heteroatoms. The number of carbonyl (C=O) groups is 1. The molecule has 1 unspecified atom stereocenters. The van der Waals surface area contributed by atoms with Crippen LogP contribution in [0, 0.1) is 11.8 Å². The number of hydrogen-bond acceptors (Lipinski definition) is 5. The first-order valence-corrected chi connectivity index (χ1v) is 8.84. The molecular formula is C16H23N5O3. The molecule has 2 amide bonds. The van der Waals surface area contributed by atoms with E-state index in [0.29, 0.717) is 24.3 Å². The van der Waals surface area contributed by atoms with E-state index in [1.165, 1.54) is 12.8 Å². The number of rotatable bonds is 4. The van der Waals surface area contributed by atoms with Gasteiger partial charge in [0.1, 0.15) is 5.82 Å². The maximum absolute atomic E-state index is 12.8. The van der Waals surface area contributed by atoms with Crippen molar-refractivity contribution in [3.05, 3.63) is 11.6 Å². The predicted molar refractivity (Wildman–Crippen MR) is 83.3 cm³/mol. The van der Waals surface area contributed by atoms with Crippen LogP contribution in [0.1, 0.15) is 42.9 Å². The summed E-state index contributed by atoms with van der Waals surface area (Å²) in [5, 5.41) is 10.6. The topological polar surface area (TPSA) is 92.4 Å². The van der Waals surface area contributed by atoms with Crippen LogP contribution in [0.3, 0.4) is 0 Å². The van der Waals surface area contributed by atoms with Crippen LogP contribution < -0.4 is 5.32 Å². The van der Waals surface area contributed by atoms with Gasteiger partial charge in [-0.05, 0) is 12.8 Å². The SMILES string of the molecule is CO[C@@H]1C[C@@H](c2nc(C3CC3)n[nH]2)N(C(=O)NC2[C@H]3COC[C@@H]23)C1. The fourth-order valence-electron chi connectivity index (χ4n) is 4.09. The number of nitrogens with one attached hydrogen (secondary N) is 2. The third kappa shape index (κ3) is 2.39. The zero-order valence-corrected chi connectivity index (χ0v) is 13.8. The lowest BCUT2D eigenvalue weighted by Crippen LogP contribution is -2.43. The number of hydrogen-bond donors (Lipinski definition) is 2. The van der Waals surface area contributed by atoms with E-state index in [2.05, 4.69) is 20.5 Å². The largest absolute Gasteiger partial charge is 0.381 e. The van der Waals surface area contributed by atoms with Crippen LogP contribution >= 0.6 is 0 Å². The van der Waals surface area contributed by atoms with Gasteiger partial charge in [0.25, 0.3) is 0 Å². The summed E-state index contributed by atoms with van der Waals surface area (Å²) in [6.45, 7) is 2.13. The minimum absolute atomic E-state index is 0.0247. The molecule has 2 N–H and O–H groups in total. The number of nitrogens with zero attached hydrogens (tertiary/aromatic N) is 3. The lowest BCUT2D eigenvalue weighted by atomic mass is 10.2. The summed E-state index contributed by atoms with van der Waals surface area (Å²) in [5.74, 6) is 3.17. The summed E-state index contributed by atoms with van der Waals surface area (Å²) in [6, 6.07) is 0.151. The summed E-state index contributed by atoms with van der Waals surface area (Å²) < 4.78 is 10.9. The Labute approximate surface area is 140 Å². The molecule has 3 heterocycles. The Morgan fingerprint density at radius 2 is 2.17 bits per heavy atom. The number of methoxy groups -OCH3 is 1. The highest BCUT2D eigenvalue weighted by molar-refractivity contribution is 5.76. The van der Waals surface area contributed by atoms with Crippen molar-refractivity contribution in [2.45, 2.75) is 43.4 Å². The van der Waals surface area contributed by atoms with Crippen LogP contribution in [-0.4, -0.2) is 65.1 Å². The zero-order chi connectivity index (χ0) is 16.3. The van der Waals surface area contributed by atoms with Gasteiger partial charge in [0.15, 0.2) is 5.82 Å². The minimum Gasteiger partial charge on any atom is -0.381 e. The minimum atomic E-state index is -0.0928. The standard InChI is InChI=1S/C16H23N5O3/c1-23-9-4-12(15-18-14(19-20-15)8-2-3-8)21(5-9)16(22)17-13-10-6-24-7-11(10)13/h8-13H,2-7H2,1H3,(H,17,22)(H,18,19,20)/t9-,10-,11+,12+,13?/m1/s1. The average Bonchev–Trinajstić information content (AvgIpc) is 3.30. The normalized spacial score (nSPS) is 37.5. The molecule has 2 aliphatic carbocycles. The van der Waals surface area contributed by atoms with Gasteiger partial charge in [0.05, 0.1) is 25.4 Å². The third-order valence-corrected chi connectivity index (χ3v) is 5.88. The number of ether oxygens (including phenoxy) is 2. The molecule has 0 aromatic carbocycles. The Morgan fingerprint density at radius 1 is 1.38 bits per heavy atom. The molecule has 24 heavy (non-hydrogen) atoms. The molecule has 4 aliphatic rings. The molecule has 0 spiro atoms. The van der Waals surface area contributed by atoms with Crippen molar-refractivity contribution in [3.8, 4) is 0 Å². The number of aromatic nitrogens is 3. The summed E-state index contributed by atoms with van der Waals surface area (Å²) in [7, 11) is 1.70. The smallest absolute Gasteiger partial charge is 0.318 e. The van der Waals surface area contributed by atoms with Crippen molar-refractivity contribution in [1.29, 1.82) is 0 Å². The van der Waals surface area contributed by atoms with E-state index in [0.717, 1.165) is 31.3 Å². The van der Waals surface area contributed by atoms with Crippen LogP contribution in [-0.2, 0) is 9.47 Å². The third-order valence-electron chi connectivity index (χ3n) is 5.88. The van der Waals surface area contributed by atoms with E-state index in [4.69, 9.17) is 9.47 Å². The van der Waals surface area contributed by atoms with Gasteiger partial charge >= 0.3 is 6.03 Å². The first-order valence-electron chi connectivity index (χ1n) is 8.84. The number of H-pyrrole nitrogens is 1. The van der Waals surface area contributed by atoms with Crippen molar-refractivity contribution in [3.63, 3.8) is 0 Å². The Hall–Kier alpha value is -1.67. The Bertz CT molecular complexity index is 635. The zero-order valence-electron chi connectivity index (χ0n) is 13.8. The number of aromatic amines is 1. The second-order valence-electron chi connectivity index (χ2n) is 7.46. The number of carbonyl (C=O) groups excluding carboxylic acids is 1. The Morgan fingerprint density at radius 3 is 2.88 bits per heavy atom. The number of urea groups is 1. The molecular weight excluding hydrogens is 310 g/mol. The highest BCUT2D eigenvalue weighted by atomic mass is 16.5. The van der Waals surface area contributed by atoms with Gasteiger partial charge < -0.3 is 19.7 Å². The monoisotopic (exact) mass is 333 g/mol. The van der Waals surface area contributed by atoms with Crippen LogP contribution in [0.5, 0.6) is 0 Å². The number of likely N-dealkylation sites (tertiary alicyclic amines) is 1. The van der Waals surface area contributed by atoms with Gasteiger partial charge in [-0.2, -0.15) is 5.10 Å². The second kappa shape index (κ2) is 5.42. The molecule has 8 nitrogen and oxygen atoms in total. The first-order chi connectivity index (χ1) is 11.7. The van der Waals surface area contributed by atoms with Crippen molar-refractivity contribution in [1.82, 2.24) is 25.4 Å². The number of fused-ring (bicyclic) bond motifs is 1. The van der Waals surface area contributed by atoms with Crippen molar-refractivity contribution in [2.24, 2.45) is 11.8 Å². The van der Waals surface area contributed by atoms with E-state index in [9.17, 15) is 4.79 Å². The van der Waals surface area contributed by atoms with E-state index in [1.54, 1.807) is 7.11 Å². The van der Waals surface area contributed by atoms with Gasteiger partial charge in [0, 0.05) is 43.9 Å². The van der Waals surface area contributed by atoms with E-state index in [1.807, 2.05) is 4.90 Å². The van der Waals surface area contributed by atoms with Crippen LogP contribution in [0.25, 0.3) is 0 Å². The van der Waals surface area contributed by atoms with E-state index in [-0.39, 0.29) is 24.2 Å². The molecule has 4 fully saturated rings. The van der Waals surface area contributed by atoms with Crippen LogP contribution in [0.2, 0.25) is 0 Å². The molecule has 0 radical (unpaired) electrons. The predicted octanol–water partition coefficient (Wildman–Crippen LogP) is 0.798. The van der Waals surface area contributed by atoms with Gasteiger partial charge in [-0.25, -0.2) is 9.78 Å². The van der Waals surface area contributed by atoms with E-state index >= 15 is 0 Å². The average molecular weight is 333 g/mol. The first kappa shape index (κ1) is 14.7. The number of amides is 2. The molecule has 2 saturated heterocycles. The van der Waals surface area contributed by atoms with Crippen molar-refractivity contribution in [2.75, 3.05) is 26.9 Å². The second-order valence-corrected chi connectivity index (χ2v) is 7.46. The highest BCUT2D eigenvalue weighted by Crippen LogP contribution is 2.44. The molecule has 5 atom stereocenters. The van der Waals surface area contributed by atoms with Gasteiger partial charge in [-0.1, -0.05) is 0 Å². The lowest BCUT2D eigenvalue weighted by Gasteiger charge is -2.23. The fraction of sp³-hybridized carbons (Fsp3) is 0.812. The lowest BCUT2D eigenvalue weighted by molar-refractivity contribution is 0.109. The quantitative estimate of drug-likeness (QED) is 0.850. The Balaban J connectivity index is 1.30. The maximum atomic E-state index is 12.8. The molecule has 2 aliphatic heterocycles. The summed E-state index contributed by atoms with van der Waals surface area (Å²) in [5.41, 5.74) is 0. The molecule has 2 saturated carbocycles. The summed E-state index contributed by atoms with van der Waals surface area (Å²) >= 11 is 0. The molecule has 5 rings (SSSR count). The van der Waals surface area contributed by atoms with Gasteiger partial charge in [-0.3, -0.25) is 5.10 Å². The fourth-order valence-corrected chi connectivity index (χ4v) is 4.09.